The summed E-state index contributed by atoms with van der Waals surface area (Å²) in [4.78, 5) is 23.7. The van der Waals surface area contributed by atoms with E-state index >= 15 is 0 Å². The number of Topliss-reactive ketones (excluding diaryl/α,β-unsaturated/α-hetero) is 1. The highest BCUT2D eigenvalue weighted by Crippen LogP contribution is 2.39. The van der Waals surface area contributed by atoms with Crippen molar-refractivity contribution in [1.82, 2.24) is 47.7 Å². The van der Waals surface area contributed by atoms with Crippen LogP contribution in [0, 0.1) is 0 Å². The van der Waals surface area contributed by atoms with Crippen LogP contribution in [0.3, 0.4) is 0 Å². The van der Waals surface area contributed by atoms with Crippen molar-refractivity contribution in [2.75, 3.05) is 28.2 Å². The molecule has 0 spiro atoms. The van der Waals surface area contributed by atoms with Crippen LogP contribution in [-0.4, -0.2) is 99.2 Å². The Kier molecular flexibility index (Phi) is 19.8. The van der Waals surface area contributed by atoms with E-state index in [1.54, 1.807) is 94.9 Å². The zero-order chi connectivity index (χ0) is 47.5. The van der Waals surface area contributed by atoms with Gasteiger partial charge in [-0.1, -0.05) is 58.7 Å². The maximum atomic E-state index is 13.5. The fraction of sp³-hybridized carbons (Fsp3) is 0.377. The fourth-order valence-electron chi connectivity index (χ4n) is 9.20. The van der Waals surface area contributed by atoms with Gasteiger partial charge >= 0.3 is 0 Å². The lowest BCUT2D eigenvalue weighted by Gasteiger charge is -2.32. The van der Waals surface area contributed by atoms with Crippen molar-refractivity contribution in [3.8, 4) is 22.3 Å². The van der Waals surface area contributed by atoms with Crippen LogP contribution in [0.4, 0.5) is 0 Å². The van der Waals surface area contributed by atoms with Crippen molar-refractivity contribution in [2.45, 2.75) is 101 Å². The minimum absolute atomic E-state index is 0. The lowest BCUT2D eigenvalue weighted by atomic mass is 9.81. The van der Waals surface area contributed by atoms with Gasteiger partial charge in [0.25, 0.3) is 20.0 Å². The summed E-state index contributed by atoms with van der Waals surface area (Å²) >= 11 is 0. The zero-order valence-corrected chi connectivity index (χ0v) is 41.7. The van der Waals surface area contributed by atoms with Gasteiger partial charge in [-0.2, -0.15) is 10.2 Å². The molecule has 10 rings (SSSR count). The Balaban J connectivity index is 0.000000278. The molecule has 8 aromatic rings. The molecule has 382 valence electrons. The van der Waals surface area contributed by atoms with Crippen LogP contribution in [0.2, 0.25) is 0 Å². The molecule has 6 aromatic heterocycles. The van der Waals surface area contributed by atoms with Gasteiger partial charge in [0.15, 0.2) is 11.3 Å². The second kappa shape index (κ2) is 24.4. The van der Waals surface area contributed by atoms with E-state index in [9.17, 15) is 21.6 Å². The van der Waals surface area contributed by atoms with Gasteiger partial charge in [-0.05, 0) is 126 Å². The molecular weight excluding hydrogens is 956 g/mol. The summed E-state index contributed by atoms with van der Waals surface area (Å²) in [6, 6.07) is 21.7. The van der Waals surface area contributed by atoms with E-state index in [4.69, 9.17) is 4.98 Å². The quantitative estimate of drug-likeness (QED) is 0.146. The summed E-state index contributed by atoms with van der Waals surface area (Å²) in [6.07, 6.45) is 21.5. The molecule has 0 radical (unpaired) electrons. The summed E-state index contributed by atoms with van der Waals surface area (Å²) in [5.41, 5.74) is 6.35. The Morgan fingerprint density at radius 3 is 1.31 bits per heavy atom. The first-order chi connectivity index (χ1) is 32.2. The number of aromatic nitrogens is 8. The number of aryl methyl sites for hydroxylation is 2. The third kappa shape index (κ3) is 12.2. The molecule has 2 aliphatic rings. The Labute approximate surface area is 426 Å². The van der Waals surface area contributed by atoms with E-state index < -0.39 is 20.0 Å². The molecule has 18 heteroatoms. The number of nitrogens with zero attached hydrogens (tertiary/aromatic N) is 9. The summed E-state index contributed by atoms with van der Waals surface area (Å²) in [7, 11) is 4.14. The number of halogens is 1. The molecule has 0 atom stereocenters. The Morgan fingerprint density at radius 2 is 0.958 bits per heavy atom. The van der Waals surface area contributed by atoms with Crippen molar-refractivity contribution in [3.05, 3.63) is 133 Å². The highest BCUT2D eigenvalue weighted by atomic mass is 35.5. The largest absolute Gasteiger partial charge is 0.323 e. The topological polar surface area (TPSA) is 172 Å². The molecule has 0 saturated heterocycles. The number of pyridine rings is 2. The second-order valence-electron chi connectivity index (χ2n) is 17.7. The SMILES string of the molecule is C.C.C.CN(C)C1CCC(c2cnc3c(c2)c(-c2cnn(C)c2)cn3S(=O)(=O)c2ccccc2)CC1.CNC.Cl.Cn1cc(-c2cn(S(=O)(=O)c3ccccc3)c3ncc(C4CCC(=O)CC4)cc23)cn1. The molecule has 71 heavy (non-hydrogen) atoms. The number of hydrogen-bond donors (Lipinski definition) is 1. The monoisotopic (exact) mass is 1030 g/mol. The van der Waals surface area contributed by atoms with Gasteiger partial charge in [-0.25, -0.2) is 34.7 Å². The highest BCUT2D eigenvalue weighted by molar-refractivity contribution is 7.90. The first-order valence-electron chi connectivity index (χ1n) is 22.6. The molecule has 2 aromatic carbocycles. The predicted molar refractivity (Wildman–Crippen MR) is 289 cm³/mol. The molecule has 15 nitrogen and oxygen atoms in total. The minimum atomic E-state index is -3.81. The normalized spacial score (nSPS) is 16.1. The number of carbonyl (C=O) groups is 1. The van der Waals surface area contributed by atoms with E-state index in [0.717, 1.165) is 77.1 Å². The van der Waals surface area contributed by atoms with Crippen molar-refractivity contribution in [2.24, 2.45) is 14.1 Å². The molecule has 0 aliphatic heterocycles. The maximum Gasteiger partial charge on any atom is 0.269 e. The lowest BCUT2D eigenvalue weighted by molar-refractivity contribution is -0.120. The highest BCUT2D eigenvalue weighted by Gasteiger charge is 2.29. The molecule has 6 heterocycles. The third-order valence-electron chi connectivity index (χ3n) is 12.8. The van der Waals surface area contributed by atoms with Crippen molar-refractivity contribution in [3.63, 3.8) is 0 Å². The summed E-state index contributed by atoms with van der Waals surface area (Å²) in [5, 5.41) is 12.9. The summed E-state index contributed by atoms with van der Waals surface area (Å²) in [6.45, 7) is 0. The molecule has 0 bridgehead atoms. The van der Waals surface area contributed by atoms with E-state index in [2.05, 4.69) is 45.6 Å². The first kappa shape index (κ1) is 57.6. The van der Waals surface area contributed by atoms with Gasteiger partial charge in [0.05, 0.1) is 22.2 Å². The van der Waals surface area contributed by atoms with Crippen LogP contribution in [-0.2, 0) is 38.9 Å². The van der Waals surface area contributed by atoms with Crippen molar-refractivity contribution < 1.29 is 21.6 Å². The van der Waals surface area contributed by atoms with E-state index in [1.807, 2.05) is 58.9 Å². The van der Waals surface area contributed by atoms with E-state index in [0.29, 0.717) is 41.9 Å². The molecule has 2 saturated carbocycles. The molecule has 0 amide bonds. The zero-order valence-electron chi connectivity index (χ0n) is 39.2. The minimum Gasteiger partial charge on any atom is -0.323 e. The van der Waals surface area contributed by atoms with Crippen molar-refractivity contribution in [1.29, 1.82) is 0 Å². The van der Waals surface area contributed by atoms with Crippen molar-refractivity contribution >= 4 is 60.3 Å². The Hall–Kier alpha value is -5.98. The van der Waals surface area contributed by atoms with Gasteiger partial charge in [0.1, 0.15) is 5.78 Å². The number of hydrogen-bond acceptors (Lipinski definition) is 11. The molecule has 1 N–H and O–H groups in total. The fourth-order valence-corrected chi connectivity index (χ4v) is 11.9. The van der Waals surface area contributed by atoms with Crippen LogP contribution >= 0.6 is 12.4 Å². The predicted octanol–water partition coefficient (Wildman–Crippen LogP) is 10.3. The standard InChI is InChI=1S/C25H29N5O2S.C23H22N4O3S.C2H7N.3CH4.ClH/c1-28(2)21-11-9-18(10-12-21)19-13-23-24(20-15-27-29(3)16-20)17-30(25(23)26-14-19)33(31,32)22-7-5-4-6-8-22;1-26-14-18(13-25-26)22-15-27(31(29,30)20-5-3-2-4-6-20)23-21(22)11-17(12-24-23)16-7-9-19(28)10-8-16;1-3-2;;;;/h4-8,13-18,21H,9-12H2,1-3H3;2-6,11-16H,7-10H2,1H3;3H,1-2H3;3*1H4;1H. The van der Waals surface area contributed by atoms with Gasteiger partial charge in [0, 0.05) is 103 Å². The molecular formula is C53H71ClN10O5S2. The van der Waals surface area contributed by atoms with E-state index in [-0.39, 0.29) is 50.4 Å². The number of carbonyl (C=O) groups excluding carboxylic acids is 1. The van der Waals surface area contributed by atoms with Gasteiger partial charge in [-0.15, -0.1) is 12.4 Å². The average Bonchev–Trinajstić information content (AvgIpc) is 4.15. The maximum absolute atomic E-state index is 13.5. The molecule has 0 unspecified atom stereocenters. The van der Waals surface area contributed by atoms with E-state index in [1.165, 1.54) is 13.5 Å². The van der Waals surface area contributed by atoms with Gasteiger partial charge in [-0.3, -0.25) is 14.2 Å². The number of rotatable bonds is 9. The first-order valence-corrected chi connectivity index (χ1v) is 25.5. The van der Waals surface area contributed by atoms with Gasteiger partial charge in [0.2, 0.25) is 0 Å². The van der Waals surface area contributed by atoms with Gasteiger partial charge < -0.3 is 10.2 Å². The number of ketones is 1. The number of nitrogens with one attached hydrogen (secondary N) is 1. The number of fused-ring (bicyclic) bond motifs is 2. The third-order valence-corrected chi connectivity index (χ3v) is 16.1. The average molecular weight is 1030 g/mol. The Morgan fingerprint density at radius 1 is 0.577 bits per heavy atom. The summed E-state index contributed by atoms with van der Waals surface area (Å²) < 4.78 is 59.7. The summed E-state index contributed by atoms with van der Waals surface area (Å²) in [5.74, 6) is 1.00. The molecule has 2 aliphatic carbocycles. The van der Waals surface area contributed by atoms with Crippen LogP contribution in [0.1, 0.15) is 96.6 Å². The smallest absolute Gasteiger partial charge is 0.269 e. The lowest BCUT2D eigenvalue weighted by Crippen LogP contribution is -2.31. The van der Waals surface area contributed by atoms with Crippen LogP contribution in [0.5, 0.6) is 0 Å². The van der Waals surface area contributed by atoms with Crippen LogP contribution < -0.4 is 5.32 Å². The van der Waals surface area contributed by atoms with Crippen LogP contribution in [0.25, 0.3) is 44.3 Å². The molecule has 2 fully saturated rings. The number of benzene rings is 2. The second-order valence-corrected chi connectivity index (χ2v) is 21.3. The Bertz CT molecular complexity index is 3220. The van der Waals surface area contributed by atoms with Crippen LogP contribution in [0.15, 0.2) is 132 Å².